The van der Waals surface area contributed by atoms with Crippen molar-refractivity contribution in [2.24, 2.45) is 0 Å². The van der Waals surface area contributed by atoms with E-state index in [0.29, 0.717) is 0 Å². The Hall–Kier alpha value is -3.29. The second-order valence-corrected chi connectivity index (χ2v) is 6.18. The van der Waals surface area contributed by atoms with Crippen molar-refractivity contribution in [1.29, 1.82) is 0 Å². The molecule has 0 aliphatic heterocycles. The molecule has 3 rings (SSSR count). The lowest BCUT2D eigenvalue weighted by Gasteiger charge is -2.17. The first-order valence-corrected chi connectivity index (χ1v) is 8.87. The van der Waals surface area contributed by atoms with Gasteiger partial charge in [-0.2, -0.15) is 0 Å². The van der Waals surface area contributed by atoms with Crippen LogP contribution in [0, 0.1) is 0 Å². The molecule has 0 fully saturated rings. The van der Waals surface area contributed by atoms with Crippen LogP contribution in [-0.2, 0) is 16.1 Å². The molecule has 0 saturated carbocycles. The van der Waals surface area contributed by atoms with Gasteiger partial charge in [-0.1, -0.05) is 36.4 Å². The fourth-order valence-corrected chi connectivity index (χ4v) is 2.79. The molecular formula is C22H22O7. The van der Waals surface area contributed by atoms with Gasteiger partial charge in [0.05, 0.1) is 5.56 Å². The second kappa shape index (κ2) is 9.77. The maximum atomic E-state index is 11.5. The minimum Gasteiger partial charge on any atom is -0.482 e. The molecule has 29 heavy (non-hydrogen) atoms. The Kier molecular flexibility index (Phi) is 6.89. The number of carboxylic acids is 1. The maximum Gasteiger partial charge on any atom is 0.335 e. The topological polar surface area (TPSA) is 83.5 Å². The van der Waals surface area contributed by atoms with Crippen molar-refractivity contribution in [1.82, 2.24) is 0 Å². The largest absolute Gasteiger partial charge is 0.482 e. The Labute approximate surface area is 168 Å². The van der Waals surface area contributed by atoms with Crippen LogP contribution in [-0.4, -0.2) is 38.9 Å². The van der Waals surface area contributed by atoms with E-state index in [2.05, 4.69) is 0 Å². The summed E-state index contributed by atoms with van der Waals surface area (Å²) in [6.07, 6.45) is 0. The molecule has 0 spiro atoms. The van der Waals surface area contributed by atoms with E-state index in [1.165, 1.54) is 26.4 Å². The Morgan fingerprint density at radius 3 is 2.03 bits per heavy atom. The molecule has 0 bridgehead atoms. The molecule has 0 unspecified atom stereocenters. The molecule has 0 saturated heterocycles. The molecule has 152 valence electrons. The molecule has 1 N–H and O–H groups in total. The van der Waals surface area contributed by atoms with E-state index < -0.39 is 5.97 Å². The van der Waals surface area contributed by atoms with Gasteiger partial charge >= 0.3 is 5.97 Å². The summed E-state index contributed by atoms with van der Waals surface area (Å²) in [6, 6.07) is 16.8. The molecule has 7 nitrogen and oxygen atoms in total. The number of methoxy groups -OCH3 is 2. The van der Waals surface area contributed by atoms with Crippen LogP contribution in [0.5, 0.6) is 17.2 Å². The average Bonchev–Trinajstić information content (AvgIpc) is 2.74. The highest BCUT2D eigenvalue weighted by Crippen LogP contribution is 2.39. The van der Waals surface area contributed by atoms with E-state index >= 15 is 0 Å². The van der Waals surface area contributed by atoms with Crippen LogP contribution in [0.25, 0.3) is 10.8 Å². The molecule has 0 aliphatic carbocycles. The van der Waals surface area contributed by atoms with Crippen molar-refractivity contribution >= 4 is 16.7 Å². The maximum absolute atomic E-state index is 11.5. The van der Waals surface area contributed by atoms with Crippen LogP contribution in [0.3, 0.4) is 0 Å². The molecule has 3 aromatic carbocycles. The predicted molar refractivity (Wildman–Crippen MR) is 107 cm³/mol. The number of benzene rings is 3. The molecular weight excluding hydrogens is 376 g/mol. The number of carbonyl (C=O) groups is 1. The summed E-state index contributed by atoms with van der Waals surface area (Å²) in [6.45, 7) is 0.0994. The molecule has 7 heteroatoms. The fourth-order valence-electron chi connectivity index (χ4n) is 2.79. The highest BCUT2D eigenvalue weighted by Gasteiger charge is 2.19. The van der Waals surface area contributed by atoms with Crippen LogP contribution in [0.2, 0.25) is 0 Å². The van der Waals surface area contributed by atoms with Crippen LogP contribution in [0.15, 0.2) is 54.6 Å². The monoisotopic (exact) mass is 398 g/mol. The second-order valence-electron chi connectivity index (χ2n) is 6.18. The van der Waals surface area contributed by atoms with Crippen molar-refractivity contribution in [2.45, 2.75) is 6.61 Å². The Morgan fingerprint density at radius 2 is 1.45 bits per heavy atom. The standard InChI is InChI=1S/C22H22O7/c1-25-13-28-19-10-18(22(23)24)11-20(29-14-26-2)21(19)27-12-15-7-8-16-5-3-4-6-17(16)9-15/h3-11H,12-14H2,1-2H3,(H,23,24). The zero-order chi connectivity index (χ0) is 20.6. The summed E-state index contributed by atoms with van der Waals surface area (Å²) >= 11 is 0. The van der Waals surface area contributed by atoms with Crippen LogP contribution < -0.4 is 14.2 Å². The van der Waals surface area contributed by atoms with E-state index in [1.807, 2.05) is 42.5 Å². The lowest BCUT2D eigenvalue weighted by molar-refractivity contribution is 0.0403. The third kappa shape index (κ3) is 5.16. The van der Waals surface area contributed by atoms with Crippen LogP contribution in [0.4, 0.5) is 0 Å². The first-order valence-electron chi connectivity index (χ1n) is 8.87. The zero-order valence-electron chi connectivity index (χ0n) is 16.2. The highest BCUT2D eigenvalue weighted by atomic mass is 16.7. The summed E-state index contributed by atoms with van der Waals surface area (Å²) in [5.41, 5.74) is 0.946. The third-order valence-corrected chi connectivity index (χ3v) is 4.13. The van der Waals surface area contributed by atoms with Gasteiger partial charge < -0.3 is 28.8 Å². The average molecular weight is 398 g/mol. The van der Waals surface area contributed by atoms with Gasteiger partial charge in [0.1, 0.15) is 6.61 Å². The molecule has 0 amide bonds. The third-order valence-electron chi connectivity index (χ3n) is 4.13. The number of fused-ring (bicyclic) bond motifs is 1. The van der Waals surface area contributed by atoms with Gasteiger partial charge in [-0.15, -0.1) is 0 Å². The fraction of sp³-hybridized carbons (Fsp3) is 0.227. The van der Waals surface area contributed by atoms with Crippen molar-refractivity contribution in [3.8, 4) is 17.2 Å². The van der Waals surface area contributed by atoms with Crippen molar-refractivity contribution < 1.29 is 33.6 Å². The SMILES string of the molecule is COCOc1cc(C(=O)O)cc(OCOC)c1OCc1ccc2ccccc2c1. The summed E-state index contributed by atoms with van der Waals surface area (Å²) in [7, 11) is 2.94. The minimum absolute atomic E-state index is 0.000242. The normalized spacial score (nSPS) is 10.7. The van der Waals surface area contributed by atoms with E-state index in [0.717, 1.165) is 16.3 Å². The van der Waals surface area contributed by atoms with E-state index in [4.69, 9.17) is 23.7 Å². The summed E-state index contributed by atoms with van der Waals surface area (Å²) in [5.74, 6) is -0.426. The van der Waals surface area contributed by atoms with Gasteiger partial charge in [0.2, 0.25) is 5.75 Å². The van der Waals surface area contributed by atoms with Gasteiger partial charge in [0.15, 0.2) is 25.1 Å². The van der Waals surface area contributed by atoms with Crippen LogP contribution in [0.1, 0.15) is 15.9 Å². The molecule has 0 radical (unpaired) electrons. The number of hydrogen-bond acceptors (Lipinski definition) is 6. The molecule has 0 heterocycles. The number of ether oxygens (including phenoxy) is 5. The van der Waals surface area contributed by atoms with E-state index in [1.54, 1.807) is 0 Å². The minimum atomic E-state index is -1.12. The van der Waals surface area contributed by atoms with Gasteiger partial charge in [0.25, 0.3) is 0 Å². The van der Waals surface area contributed by atoms with Crippen molar-refractivity contribution in [3.63, 3.8) is 0 Å². The predicted octanol–water partition coefficient (Wildman–Crippen LogP) is 4.08. The molecule has 0 aromatic heterocycles. The Balaban J connectivity index is 1.91. The van der Waals surface area contributed by atoms with Gasteiger partial charge in [0, 0.05) is 14.2 Å². The number of aromatic carboxylic acids is 1. The zero-order valence-corrected chi connectivity index (χ0v) is 16.2. The van der Waals surface area contributed by atoms with E-state index in [-0.39, 0.29) is 43.0 Å². The Bertz CT molecular complexity index is 955. The first-order chi connectivity index (χ1) is 14.1. The smallest absolute Gasteiger partial charge is 0.335 e. The van der Waals surface area contributed by atoms with Crippen LogP contribution >= 0.6 is 0 Å². The first kappa shape index (κ1) is 20.4. The van der Waals surface area contributed by atoms with Gasteiger partial charge in [-0.25, -0.2) is 4.79 Å². The molecule has 0 aliphatic rings. The molecule has 3 aromatic rings. The lowest BCUT2D eigenvalue weighted by Crippen LogP contribution is -2.08. The Morgan fingerprint density at radius 1 is 0.828 bits per heavy atom. The van der Waals surface area contributed by atoms with Crippen molar-refractivity contribution in [2.75, 3.05) is 27.8 Å². The van der Waals surface area contributed by atoms with Gasteiger partial charge in [-0.3, -0.25) is 0 Å². The van der Waals surface area contributed by atoms with E-state index in [9.17, 15) is 9.90 Å². The highest BCUT2D eigenvalue weighted by molar-refractivity contribution is 5.89. The number of carboxylic acid groups (broad SMARTS) is 1. The summed E-state index contributed by atoms with van der Waals surface area (Å²) in [5, 5.41) is 11.6. The lowest BCUT2D eigenvalue weighted by atomic mass is 10.1. The quantitative estimate of drug-likeness (QED) is 0.515. The summed E-state index contributed by atoms with van der Waals surface area (Å²) in [4.78, 5) is 11.5. The summed E-state index contributed by atoms with van der Waals surface area (Å²) < 4.78 is 26.9. The van der Waals surface area contributed by atoms with Gasteiger partial charge in [-0.05, 0) is 34.5 Å². The molecule has 0 atom stereocenters. The number of hydrogen-bond donors (Lipinski definition) is 1. The number of rotatable bonds is 10. The van der Waals surface area contributed by atoms with Crippen molar-refractivity contribution in [3.05, 3.63) is 65.7 Å².